The fourth-order valence-corrected chi connectivity index (χ4v) is 3.77. The molecule has 0 radical (unpaired) electrons. The van der Waals surface area contributed by atoms with Gasteiger partial charge in [0.15, 0.2) is 6.61 Å². The zero-order valence-electron chi connectivity index (χ0n) is 15.9. The molecule has 0 saturated heterocycles. The lowest BCUT2D eigenvalue weighted by molar-refractivity contribution is -0.119. The summed E-state index contributed by atoms with van der Waals surface area (Å²) in [6.45, 7) is 3.18. The van der Waals surface area contributed by atoms with Gasteiger partial charge >= 0.3 is 5.97 Å². The van der Waals surface area contributed by atoms with Crippen LogP contribution >= 0.6 is 11.8 Å². The number of halogens is 1. The number of amides is 1. The number of hydrogen-bond donors (Lipinski definition) is 1. The lowest BCUT2D eigenvalue weighted by atomic mass is 10.2. The van der Waals surface area contributed by atoms with Crippen LogP contribution in [0.4, 0.5) is 10.1 Å². The first-order chi connectivity index (χ1) is 14.0. The van der Waals surface area contributed by atoms with E-state index in [1.54, 1.807) is 24.3 Å². The van der Waals surface area contributed by atoms with Crippen LogP contribution in [0.3, 0.4) is 0 Å². The Kier molecular flexibility index (Phi) is 6.66. The van der Waals surface area contributed by atoms with Crippen molar-refractivity contribution in [2.75, 3.05) is 11.9 Å². The molecule has 0 unspecified atom stereocenters. The first-order valence-corrected chi connectivity index (χ1v) is 9.79. The smallest absolute Gasteiger partial charge is 0.339 e. The Balaban J connectivity index is 1.61. The van der Waals surface area contributed by atoms with Crippen LogP contribution < -0.4 is 5.32 Å². The molecule has 1 heterocycles. The van der Waals surface area contributed by atoms with Crippen molar-refractivity contribution in [3.05, 3.63) is 76.9 Å². The molecule has 150 valence electrons. The van der Waals surface area contributed by atoms with Crippen molar-refractivity contribution in [2.45, 2.75) is 24.5 Å². The lowest BCUT2D eigenvalue weighted by Gasteiger charge is -2.10. The molecule has 1 amide bonds. The monoisotopic (exact) mass is 414 g/mol. The second-order valence-corrected chi connectivity index (χ2v) is 7.21. The van der Waals surface area contributed by atoms with Gasteiger partial charge in [-0.2, -0.15) is 0 Å². The van der Waals surface area contributed by atoms with Gasteiger partial charge in [-0.1, -0.05) is 29.4 Å². The number of ether oxygens (including phenoxy) is 1. The molecule has 2 aromatic carbocycles. The second kappa shape index (κ2) is 9.38. The topological polar surface area (TPSA) is 81.4 Å². The lowest BCUT2D eigenvalue weighted by Crippen LogP contribution is -2.21. The largest absolute Gasteiger partial charge is 0.452 e. The van der Waals surface area contributed by atoms with Crippen molar-refractivity contribution in [3.8, 4) is 0 Å². The molecule has 0 aliphatic carbocycles. The quantitative estimate of drug-likeness (QED) is 0.452. The number of para-hydroxylation sites is 1. The number of carbonyl (C=O) groups excluding carboxylic acids is 2. The third kappa shape index (κ3) is 5.23. The van der Waals surface area contributed by atoms with Crippen LogP contribution in [0.1, 0.15) is 27.4 Å². The van der Waals surface area contributed by atoms with Crippen molar-refractivity contribution in [3.63, 3.8) is 0 Å². The molecule has 0 bridgehead atoms. The molecule has 0 saturated carbocycles. The van der Waals surface area contributed by atoms with Crippen LogP contribution in [0.25, 0.3) is 0 Å². The summed E-state index contributed by atoms with van der Waals surface area (Å²) < 4.78 is 23.9. The number of anilines is 1. The zero-order chi connectivity index (χ0) is 20.8. The number of esters is 1. The Bertz CT molecular complexity index is 1020. The molecular weight excluding hydrogens is 395 g/mol. The molecular formula is C21H19FN2O4S. The van der Waals surface area contributed by atoms with Crippen molar-refractivity contribution in [1.29, 1.82) is 0 Å². The third-order valence-corrected chi connectivity index (χ3v) is 5.24. The summed E-state index contributed by atoms with van der Waals surface area (Å²) in [7, 11) is 0. The van der Waals surface area contributed by atoms with E-state index in [0.717, 1.165) is 17.0 Å². The van der Waals surface area contributed by atoms with Gasteiger partial charge in [0, 0.05) is 16.2 Å². The highest BCUT2D eigenvalue weighted by Gasteiger charge is 2.17. The van der Waals surface area contributed by atoms with Gasteiger partial charge in [-0.15, -0.1) is 11.8 Å². The number of aromatic nitrogens is 1. The highest BCUT2D eigenvalue weighted by molar-refractivity contribution is 7.98. The Morgan fingerprint density at radius 1 is 1.14 bits per heavy atom. The van der Waals surface area contributed by atoms with Gasteiger partial charge in [0.05, 0.1) is 16.9 Å². The Morgan fingerprint density at radius 2 is 1.86 bits per heavy atom. The first kappa shape index (κ1) is 20.6. The fraction of sp³-hybridized carbons (Fsp3) is 0.190. The molecule has 0 spiro atoms. The van der Waals surface area contributed by atoms with Crippen LogP contribution in [-0.2, 0) is 15.3 Å². The van der Waals surface area contributed by atoms with E-state index in [0.29, 0.717) is 16.2 Å². The number of nitrogens with zero attached hydrogens (tertiary/aromatic N) is 1. The number of benzene rings is 2. The summed E-state index contributed by atoms with van der Waals surface area (Å²) in [5.41, 5.74) is 2.16. The molecule has 3 rings (SSSR count). The molecule has 1 aromatic heterocycles. The van der Waals surface area contributed by atoms with E-state index < -0.39 is 24.3 Å². The van der Waals surface area contributed by atoms with Gasteiger partial charge in [0.2, 0.25) is 0 Å². The first-order valence-electron chi connectivity index (χ1n) is 8.80. The van der Waals surface area contributed by atoms with E-state index in [4.69, 9.17) is 9.26 Å². The summed E-state index contributed by atoms with van der Waals surface area (Å²) >= 11 is 1.45. The van der Waals surface area contributed by atoms with Crippen molar-refractivity contribution >= 4 is 29.3 Å². The maximum atomic E-state index is 13.6. The van der Waals surface area contributed by atoms with E-state index in [-0.39, 0.29) is 5.69 Å². The van der Waals surface area contributed by atoms with Gasteiger partial charge in [0.1, 0.15) is 11.6 Å². The minimum atomic E-state index is -0.629. The Hall–Kier alpha value is -3.13. The SMILES string of the molecule is Cc1noc(C)c1CSc1ccccc1C(=O)OCC(=O)Nc1ccccc1F. The maximum absolute atomic E-state index is 13.6. The van der Waals surface area contributed by atoms with E-state index in [2.05, 4.69) is 10.5 Å². The molecule has 0 aliphatic rings. The van der Waals surface area contributed by atoms with Crippen molar-refractivity contribution < 1.29 is 23.2 Å². The van der Waals surface area contributed by atoms with Gasteiger partial charge in [-0.3, -0.25) is 4.79 Å². The average Bonchev–Trinajstić information content (AvgIpc) is 3.04. The van der Waals surface area contributed by atoms with Crippen molar-refractivity contribution in [2.24, 2.45) is 0 Å². The summed E-state index contributed by atoms with van der Waals surface area (Å²) in [6.07, 6.45) is 0. The average molecular weight is 414 g/mol. The molecule has 8 heteroatoms. The number of rotatable bonds is 7. The molecule has 29 heavy (non-hydrogen) atoms. The van der Waals surface area contributed by atoms with E-state index in [1.807, 2.05) is 19.9 Å². The summed E-state index contributed by atoms with van der Waals surface area (Å²) in [5, 5.41) is 6.30. The van der Waals surface area contributed by atoms with Crippen LogP contribution in [0.5, 0.6) is 0 Å². The highest BCUT2D eigenvalue weighted by Crippen LogP contribution is 2.29. The normalized spacial score (nSPS) is 10.6. The molecule has 6 nitrogen and oxygen atoms in total. The Morgan fingerprint density at radius 3 is 2.59 bits per heavy atom. The maximum Gasteiger partial charge on any atom is 0.339 e. The van der Waals surface area contributed by atoms with E-state index in [1.165, 1.54) is 30.0 Å². The predicted molar refractivity (Wildman–Crippen MR) is 107 cm³/mol. The van der Waals surface area contributed by atoms with E-state index >= 15 is 0 Å². The zero-order valence-corrected chi connectivity index (χ0v) is 16.7. The van der Waals surface area contributed by atoms with Gasteiger partial charge in [-0.25, -0.2) is 9.18 Å². The highest BCUT2D eigenvalue weighted by atomic mass is 32.2. The molecule has 3 aromatic rings. The molecule has 0 aliphatic heterocycles. The molecule has 0 fully saturated rings. The number of nitrogens with one attached hydrogen (secondary N) is 1. The predicted octanol–water partition coefficient (Wildman–Crippen LogP) is 4.52. The summed E-state index contributed by atoms with van der Waals surface area (Å²) in [4.78, 5) is 25.1. The molecule has 1 N–H and O–H groups in total. The Labute approximate surface area is 171 Å². The van der Waals surface area contributed by atoms with Crippen LogP contribution in [0.15, 0.2) is 57.9 Å². The third-order valence-electron chi connectivity index (χ3n) is 4.14. The number of thioether (sulfide) groups is 1. The van der Waals surface area contributed by atoms with Crippen LogP contribution in [0, 0.1) is 19.7 Å². The van der Waals surface area contributed by atoms with Gasteiger partial charge in [0.25, 0.3) is 5.91 Å². The minimum Gasteiger partial charge on any atom is -0.452 e. The number of hydrogen-bond acceptors (Lipinski definition) is 6. The fourth-order valence-electron chi connectivity index (χ4n) is 2.58. The van der Waals surface area contributed by atoms with Gasteiger partial charge < -0.3 is 14.6 Å². The van der Waals surface area contributed by atoms with Crippen LogP contribution in [0.2, 0.25) is 0 Å². The number of carbonyl (C=O) groups is 2. The van der Waals surface area contributed by atoms with Crippen LogP contribution in [-0.4, -0.2) is 23.6 Å². The van der Waals surface area contributed by atoms with Gasteiger partial charge in [-0.05, 0) is 38.1 Å². The summed E-state index contributed by atoms with van der Waals surface area (Å²) in [5.74, 6) is -0.493. The minimum absolute atomic E-state index is 0.0314. The summed E-state index contributed by atoms with van der Waals surface area (Å²) in [6, 6.07) is 12.7. The molecule has 0 atom stereocenters. The van der Waals surface area contributed by atoms with E-state index in [9.17, 15) is 14.0 Å². The van der Waals surface area contributed by atoms with Crippen molar-refractivity contribution in [1.82, 2.24) is 5.16 Å². The standard InChI is InChI=1S/C21H19FN2O4S/c1-13-16(14(2)28-24-13)12-29-19-10-6-3-7-15(19)21(26)27-11-20(25)23-18-9-5-4-8-17(18)22/h3-10H,11-12H2,1-2H3,(H,23,25). The second-order valence-electron chi connectivity index (χ2n) is 6.19. The number of aryl methyl sites for hydroxylation is 2.